The smallest absolute Gasteiger partial charge is 0.297 e. The van der Waals surface area contributed by atoms with Crippen molar-refractivity contribution in [3.63, 3.8) is 0 Å². The normalized spacial score (nSPS) is 17.8. The zero-order chi connectivity index (χ0) is 43.9. The molecule has 0 aromatic heterocycles. The zero-order valence-corrected chi connectivity index (χ0v) is 34.1. The van der Waals surface area contributed by atoms with Gasteiger partial charge < -0.3 is 45.4 Å². The Morgan fingerprint density at radius 3 is 1.42 bits per heavy atom. The molecule has 1 aliphatic heterocycles. The highest BCUT2D eigenvalue weighted by Gasteiger charge is 2.44. The van der Waals surface area contributed by atoms with Crippen LogP contribution in [0.25, 0.3) is 0 Å². The number of carbonyl (C=O) groups excluding carboxylic acids is 1. The summed E-state index contributed by atoms with van der Waals surface area (Å²) >= 11 is 0. The first-order valence-corrected chi connectivity index (χ1v) is 19.8. The van der Waals surface area contributed by atoms with Crippen molar-refractivity contribution in [1.29, 1.82) is 0 Å². The molecule has 1 heterocycles. The number of unbranched alkanes of at least 4 members (excludes halogenated alkanes) is 11. The molecule has 5 unspecified atom stereocenters. The fourth-order valence-electron chi connectivity index (χ4n) is 5.24. The maximum atomic E-state index is 12.7. The van der Waals surface area contributed by atoms with Crippen molar-refractivity contribution in [1.82, 2.24) is 5.32 Å². The first kappa shape index (κ1) is 51.9. The summed E-state index contributed by atoms with van der Waals surface area (Å²) in [5.74, 6) is 58.4. The Labute approximate surface area is 392 Å². The summed E-state index contributed by atoms with van der Waals surface area (Å²) in [6, 6.07) is -1.23. The molecule has 10 heteroatoms. The Balaban J connectivity index is -0.0000000682. The monoisotopic (exact) mass is 858 g/mol. The van der Waals surface area contributed by atoms with Gasteiger partial charge in [-0.1, -0.05) is 89.9 Å². The lowest BCUT2D eigenvalue weighted by atomic mass is 9.98. The molecule has 1 saturated heterocycles. The van der Waals surface area contributed by atoms with Crippen molar-refractivity contribution in [2.24, 2.45) is 0 Å². The number of hydrogen-bond donors (Lipinski definition) is 7. The highest BCUT2D eigenvalue weighted by Crippen LogP contribution is 2.23. The molecule has 60 heavy (non-hydrogen) atoms. The Morgan fingerprint density at radius 1 is 0.600 bits per heavy atom. The van der Waals surface area contributed by atoms with Crippen LogP contribution in [-0.4, -0.2) is 98.7 Å². The molecule has 0 radical (unpaired) electrons. The van der Waals surface area contributed by atoms with Gasteiger partial charge in [0, 0.05) is 75.7 Å². The average molecular weight is 858 g/mol. The second-order valence-corrected chi connectivity index (χ2v) is 13.0. The van der Waals surface area contributed by atoms with E-state index in [1.54, 1.807) is 6.92 Å². The van der Waals surface area contributed by atoms with Gasteiger partial charge in [-0.05, 0) is 108 Å². The lowest BCUT2D eigenvalue weighted by molar-refractivity contribution is -0.303. The van der Waals surface area contributed by atoms with Gasteiger partial charge in [0.2, 0.25) is 0 Å². The fraction of sp³-hybridized carbons (Fsp3) is 0.500. The molecular weight excluding hydrogens is 759 g/mol. The third-order valence-corrected chi connectivity index (χ3v) is 8.38. The molecule has 7 N–H and O–H groups in total. The van der Waals surface area contributed by atoms with E-state index in [0.717, 1.165) is 19.3 Å². The lowest BCUT2D eigenvalue weighted by Crippen LogP contribution is -2.60. The van der Waals surface area contributed by atoms with Gasteiger partial charge in [0.15, 0.2) is 6.29 Å². The largest absolute Gasteiger partial charge is 0.394 e. The summed E-state index contributed by atoms with van der Waals surface area (Å²) in [4.78, 5) is 12.7. The Bertz CT molecular complexity index is 2210. The van der Waals surface area contributed by atoms with Crippen LogP contribution in [0.5, 0.6) is 0 Å². The van der Waals surface area contributed by atoms with Gasteiger partial charge in [0.25, 0.3) is 5.91 Å². The summed E-state index contributed by atoms with van der Waals surface area (Å²) in [6.45, 7) is 2.73. The number of ether oxygens (including phenoxy) is 2. The Hall–Kier alpha value is -6.13. The van der Waals surface area contributed by atoms with Crippen LogP contribution in [0.2, 0.25) is 0 Å². The quantitative estimate of drug-likeness (QED) is 0.0501. The highest BCUT2D eigenvalue weighted by molar-refractivity contribution is 5.94. The topological polar surface area (TPSA) is 169 Å². The number of rotatable bonds is 20. The molecule has 10 nitrogen and oxygen atoms in total. The standard InChI is InChI=1S/C50H51NO9.24H2/c1-3-5-7-9-11-13-15-17-18-19-20-21-22-23-24-25-26-27-29-31-33-35-37-39-45(54)51-42(41-59-50-49(58)48(57)47(56)44(40-52)60-50)46(55)43(53)38-36-34-32-30-28-16-14-12-10-8-6-4-2;;;;;;;;;;;;;;;;;;;;;;;;/h42-44,46-50,52-53,55-58H,4,6,8,10,12,14,16,28,30,32,34,36,38,40-41H2,1-2H3,(H,51,54);24*1H/t42-,43+,44?,46-,47?,48?,49?,50?;;;;;;;;;;;;;;;;;;;;;;;;/m0......................../s1. The SMILES string of the molecule is CC#CC#CC#CC#CC#CC#CC#CC#CC#CC#CC#CC#CC(=O)N[C@@H](COC1OC(CO)C(O)C(O)C1O)[C@H](O)[C@H](O)CCCCCCCCCCCCCC.[HH].[HH].[HH].[HH].[HH].[HH].[HH].[HH].[HH].[HH].[HH].[HH].[HH].[HH].[HH].[HH].[HH].[HH].[HH].[HH].[HH].[HH].[HH].[HH]. The molecule has 1 rings (SSSR count). The van der Waals surface area contributed by atoms with Crippen LogP contribution >= 0.6 is 0 Å². The number of amides is 1. The van der Waals surface area contributed by atoms with Gasteiger partial charge in [-0.15, -0.1) is 0 Å². The van der Waals surface area contributed by atoms with Crippen molar-refractivity contribution in [3.8, 4) is 142 Å². The van der Waals surface area contributed by atoms with E-state index in [0.29, 0.717) is 6.42 Å². The molecule has 0 aromatic carbocycles. The Morgan fingerprint density at radius 2 is 1.00 bits per heavy atom. The first-order chi connectivity index (χ1) is 29.3. The number of nitrogens with one attached hydrogen (secondary N) is 1. The molecule has 1 fully saturated rings. The molecule has 0 aromatic rings. The minimum absolute atomic E-state index is 0. The molecule has 1 aliphatic rings. The van der Waals surface area contributed by atoms with E-state index in [-0.39, 0.29) is 40.7 Å². The lowest BCUT2D eigenvalue weighted by Gasteiger charge is -2.40. The van der Waals surface area contributed by atoms with Crippen molar-refractivity contribution >= 4 is 5.91 Å². The highest BCUT2D eigenvalue weighted by atomic mass is 16.7. The first-order valence-electron chi connectivity index (χ1n) is 19.8. The van der Waals surface area contributed by atoms with Crippen molar-refractivity contribution in [2.45, 2.75) is 146 Å². The van der Waals surface area contributed by atoms with Gasteiger partial charge >= 0.3 is 0 Å². The summed E-state index contributed by atoms with van der Waals surface area (Å²) in [5.41, 5.74) is 0. The van der Waals surface area contributed by atoms with E-state index in [4.69, 9.17) is 9.47 Å². The molecule has 0 spiro atoms. The second kappa shape index (κ2) is 36.0. The number of carbonyl (C=O) groups is 1. The molecule has 1 amide bonds. The van der Waals surface area contributed by atoms with Crippen LogP contribution in [-0.2, 0) is 14.3 Å². The van der Waals surface area contributed by atoms with E-state index < -0.39 is 68.1 Å². The van der Waals surface area contributed by atoms with Crippen molar-refractivity contribution < 1.29 is 79.1 Å². The molecule has 8 atom stereocenters. The maximum absolute atomic E-state index is 12.7. The molecule has 0 saturated carbocycles. The average Bonchev–Trinajstić information content (AvgIpc) is 3.25. The number of aliphatic hydroxyl groups is 6. The van der Waals surface area contributed by atoms with Crippen LogP contribution in [0.3, 0.4) is 0 Å². The van der Waals surface area contributed by atoms with Gasteiger partial charge in [0.1, 0.15) is 30.5 Å². The van der Waals surface area contributed by atoms with Gasteiger partial charge in [0.05, 0.1) is 25.4 Å². The molecule has 0 aliphatic carbocycles. The van der Waals surface area contributed by atoms with Crippen LogP contribution in [0.4, 0.5) is 0 Å². The van der Waals surface area contributed by atoms with E-state index in [1.807, 2.05) is 0 Å². The predicted octanol–water partition coefficient (Wildman–Crippen LogP) is 7.07. The zero-order valence-electron chi connectivity index (χ0n) is 34.1. The minimum Gasteiger partial charge on any atom is -0.394 e. The molecule has 0 bridgehead atoms. The van der Waals surface area contributed by atoms with E-state index in [9.17, 15) is 35.4 Å². The summed E-state index contributed by atoms with van der Waals surface area (Å²) < 4.78 is 10.9. The predicted molar refractivity (Wildman–Crippen MR) is 279 cm³/mol. The van der Waals surface area contributed by atoms with Crippen LogP contribution in [0.15, 0.2) is 0 Å². The number of hydrogen-bond acceptors (Lipinski definition) is 9. The van der Waals surface area contributed by atoms with Gasteiger partial charge in [-0.3, -0.25) is 4.79 Å². The number of aliphatic hydroxyl groups excluding tert-OH is 6. The molecular formula is C50H99NO9. The third kappa shape index (κ3) is 26.0. The van der Waals surface area contributed by atoms with Crippen molar-refractivity contribution in [3.05, 3.63) is 0 Å². The van der Waals surface area contributed by atoms with Crippen LogP contribution in [0.1, 0.15) is 132 Å². The fourth-order valence-corrected chi connectivity index (χ4v) is 5.24. The van der Waals surface area contributed by atoms with Gasteiger partial charge in [-0.25, -0.2) is 0 Å². The minimum atomic E-state index is -1.70. The summed E-state index contributed by atoms with van der Waals surface area (Å²) in [5, 5.41) is 64.3. The van der Waals surface area contributed by atoms with Gasteiger partial charge in [-0.2, -0.15) is 0 Å². The summed E-state index contributed by atoms with van der Waals surface area (Å²) in [7, 11) is 0. The van der Waals surface area contributed by atoms with E-state index in [1.165, 1.54) is 51.4 Å². The van der Waals surface area contributed by atoms with Crippen molar-refractivity contribution in [2.75, 3.05) is 13.2 Å². The Kier molecular flexibility index (Phi) is 31.1. The van der Waals surface area contributed by atoms with E-state index >= 15 is 0 Å². The molecule has 358 valence electrons. The van der Waals surface area contributed by atoms with E-state index in [2.05, 4.69) is 154 Å². The van der Waals surface area contributed by atoms with Crippen LogP contribution in [0, 0.1) is 142 Å². The third-order valence-electron chi connectivity index (χ3n) is 8.38. The van der Waals surface area contributed by atoms with Crippen LogP contribution < -0.4 is 5.32 Å². The second-order valence-electron chi connectivity index (χ2n) is 13.0. The summed E-state index contributed by atoms with van der Waals surface area (Å²) in [6.07, 6.45) is 3.47. The maximum Gasteiger partial charge on any atom is 0.297 e.